The van der Waals surface area contributed by atoms with E-state index in [2.05, 4.69) is 10.4 Å². The highest BCUT2D eigenvalue weighted by molar-refractivity contribution is 7.99. The van der Waals surface area contributed by atoms with Crippen LogP contribution in [0.2, 0.25) is 0 Å². The van der Waals surface area contributed by atoms with Crippen LogP contribution in [0, 0.1) is 24.3 Å². The van der Waals surface area contributed by atoms with Gasteiger partial charge in [0.15, 0.2) is 5.16 Å². The van der Waals surface area contributed by atoms with Gasteiger partial charge in [-0.1, -0.05) is 11.8 Å². The molecule has 0 saturated heterocycles. The van der Waals surface area contributed by atoms with Crippen LogP contribution >= 0.6 is 23.1 Å². The van der Waals surface area contributed by atoms with Gasteiger partial charge in [0, 0.05) is 28.5 Å². The molecule has 3 heterocycles. The summed E-state index contributed by atoms with van der Waals surface area (Å²) < 4.78 is 1.46. The second-order valence-electron chi connectivity index (χ2n) is 5.68. The first kappa shape index (κ1) is 16.0. The number of thiophene rings is 1. The first-order valence-corrected chi connectivity index (χ1v) is 9.29. The summed E-state index contributed by atoms with van der Waals surface area (Å²) in [5.41, 5.74) is 5.65. The van der Waals surface area contributed by atoms with Crippen molar-refractivity contribution in [2.75, 3.05) is 11.2 Å². The molecule has 128 valence electrons. The third-order valence-electron chi connectivity index (χ3n) is 4.19. The minimum atomic E-state index is -0.431. The van der Waals surface area contributed by atoms with Gasteiger partial charge in [0.25, 0.3) is 5.56 Å². The Bertz CT molecular complexity index is 1070. The molecule has 2 aromatic rings. The average Bonchev–Trinajstić information content (AvgIpc) is 2.89. The zero-order valence-electron chi connectivity index (χ0n) is 13.4. The van der Waals surface area contributed by atoms with Gasteiger partial charge in [-0.25, -0.2) is 4.98 Å². The zero-order chi connectivity index (χ0) is 17.7. The van der Waals surface area contributed by atoms with Crippen molar-refractivity contribution < 1.29 is 4.90 Å². The SMILES string of the molecule is Cc1sc2nc3n(c(=O)c2c1C)NC(=C1C=CC(=[N+]([O-])[O-])C=C1)CS3. The van der Waals surface area contributed by atoms with Crippen molar-refractivity contribution in [1.29, 1.82) is 0 Å². The van der Waals surface area contributed by atoms with Gasteiger partial charge in [0.1, 0.15) is 4.83 Å². The summed E-state index contributed by atoms with van der Waals surface area (Å²) >= 11 is 3.00. The van der Waals surface area contributed by atoms with Gasteiger partial charge in [0.2, 0.25) is 5.71 Å². The Labute approximate surface area is 150 Å². The lowest BCUT2D eigenvalue weighted by Crippen LogP contribution is -2.35. The number of aryl methyl sites for hydroxylation is 2. The van der Waals surface area contributed by atoms with E-state index in [0.717, 1.165) is 26.5 Å². The van der Waals surface area contributed by atoms with Crippen LogP contribution in [-0.4, -0.2) is 26.0 Å². The zero-order valence-corrected chi connectivity index (χ0v) is 15.0. The Morgan fingerprint density at radius 1 is 1.24 bits per heavy atom. The van der Waals surface area contributed by atoms with Gasteiger partial charge in [-0.3, -0.25) is 10.2 Å². The molecule has 0 amide bonds. The molecule has 0 spiro atoms. The molecule has 7 nitrogen and oxygen atoms in total. The maximum Gasteiger partial charge on any atom is 0.282 e. The van der Waals surface area contributed by atoms with Crippen molar-refractivity contribution >= 4 is 39.0 Å². The second kappa shape index (κ2) is 5.78. The molecular weight excluding hydrogens is 360 g/mol. The average molecular weight is 373 g/mol. The molecule has 0 fully saturated rings. The predicted molar refractivity (Wildman–Crippen MR) is 101 cm³/mol. The van der Waals surface area contributed by atoms with Crippen LogP contribution < -0.4 is 11.0 Å². The predicted octanol–water partition coefficient (Wildman–Crippen LogP) is 2.55. The van der Waals surface area contributed by atoms with E-state index in [4.69, 9.17) is 0 Å². The number of fused-ring (bicyclic) bond motifs is 2. The summed E-state index contributed by atoms with van der Waals surface area (Å²) in [6.07, 6.45) is 6.29. The molecular formula is C16H13N4O3S2-. The summed E-state index contributed by atoms with van der Waals surface area (Å²) in [4.78, 5) is 18.9. The Morgan fingerprint density at radius 3 is 2.64 bits per heavy atom. The molecule has 0 saturated carbocycles. The van der Waals surface area contributed by atoms with Gasteiger partial charge in [-0.05, 0) is 37.1 Å². The molecule has 9 heteroatoms. The summed E-state index contributed by atoms with van der Waals surface area (Å²) in [5, 5.41) is 22.8. The minimum Gasteiger partial charge on any atom is -0.612 e. The van der Waals surface area contributed by atoms with E-state index in [9.17, 15) is 15.2 Å². The van der Waals surface area contributed by atoms with Crippen molar-refractivity contribution in [2.24, 2.45) is 0 Å². The fraction of sp³-hybridized carbons (Fsp3) is 0.188. The molecule has 1 aliphatic heterocycles. The lowest BCUT2D eigenvalue weighted by molar-refractivity contribution is -0.377. The number of thioether (sulfide) groups is 1. The van der Waals surface area contributed by atoms with Crippen molar-refractivity contribution in [3.05, 3.63) is 66.8 Å². The fourth-order valence-electron chi connectivity index (χ4n) is 2.71. The van der Waals surface area contributed by atoms with Gasteiger partial charge < -0.3 is 10.4 Å². The number of rotatable bonds is 0. The normalized spacial score (nSPS) is 16.3. The number of aromatic nitrogens is 2. The third kappa shape index (κ3) is 2.56. The van der Waals surface area contributed by atoms with E-state index >= 15 is 0 Å². The van der Waals surface area contributed by atoms with Crippen molar-refractivity contribution in [1.82, 2.24) is 9.66 Å². The van der Waals surface area contributed by atoms with Crippen molar-refractivity contribution in [2.45, 2.75) is 19.0 Å². The van der Waals surface area contributed by atoms with Gasteiger partial charge in [0.05, 0.1) is 5.39 Å². The van der Waals surface area contributed by atoms with Gasteiger partial charge in [-0.15, -0.1) is 11.3 Å². The fourth-order valence-corrected chi connectivity index (χ4v) is 4.70. The minimum absolute atomic E-state index is 0.0399. The lowest BCUT2D eigenvalue weighted by atomic mass is 10.1. The monoisotopic (exact) mass is 373 g/mol. The molecule has 0 atom stereocenters. The summed E-state index contributed by atoms with van der Waals surface area (Å²) in [6, 6.07) is 0. The van der Waals surface area contributed by atoms with Crippen LogP contribution in [0.5, 0.6) is 0 Å². The van der Waals surface area contributed by atoms with E-state index in [1.807, 2.05) is 13.8 Å². The molecule has 0 unspecified atom stereocenters. The number of allylic oxidation sites excluding steroid dienone is 5. The topological polar surface area (TPSA) is 96.0 Å². The summed E-state index contributed by atoms with van der Waals surface area (Å²) in [5.74, 6) is 0.610. The molecule has 1 N–H and O–H groups in total. The first-order chi connectivity index (χ1) is 12.0. The number of hydrogen-bond acceptors (Lipinski definition) is 7. The number of nitrogens with zero attached hydrogens (tertiary/aromatic N) is 3. The van der Waals surface area contributed by atoms with E-state index < -0.39 is 4.90 Å². The Hall–Kier alpha value is -2.52. The molecule has 4 rings (SSSR count). The van der Waals surface area contributed by atoms with Gasteiger partial charge in [-0.2, -0.15) is 9.58 Å². The maximum atomic E-state index is 12.9. The van der Waals surface area contributed by atoms with Crippen LogP contribution in [0.4, 0.5) is 0 Å². The third-order valence-corrected chi connectivity index (χ3v) is 6.26. The van der Waals surface area contributed by atoms with E-state index in [-0.39, 0.29) is 11.3 Å². The van der Waals surface area contributed by atoms with Crippen LogP contribution in [0.25, 0.3) is 10.2 Å². The van der Waals surface area contributed by atoms with Crippen LogP contribution in [-0.2, 0) is 0 Å². The summed E-state index contributed by atoms with van der Waals surface area (Å²) in [6.45, 7) is 3.92. The van der Waals surface area contributed by atoms with E-state index in [0.29, 0.717) is 16.3 Å². The van der Waals surface area contributed by atoms with E-state index in [1.165, 1.54) is 39.9 Å². The highest BCUT2D eigenvalue weighted by Crippen LogP contribution is 2.31. The molecule has 2 aliphatic rings. The number of hydrogen-bond donors (Lipinski definition) is 1. The molecule has 0 aromatic carbocycles. The number of nitrogens with one attached hydrogen (secondary N) is 1. The second-order valence-corrected chi connectivity index (χ2v) is 7.83. The highest BCUT2D eigenvalue weighted by atomic mass is 32.2. The molecule has 1 aliphatic carbocycles. The largest absolute Gasteiger partial charge is 0.612 e. The van der Waals surface area contributed by atoms with Crippen LogP contribution in [0.15, 0.2) is 45.5 Å². The molecule has 2 aromatic heterocycles. The van der Waals surface area contributed by atoms with Crippen molar-refractivity contribution in [3.63, 3.8) is 0 Å². The first-order valence-electron chi connectivity index (χ1n) is 7.49. The van der Waals surface area contributed by atoms with Gasteiger partial charge >= 0.3 is 0 Å². The molecule has 0 radical (unpaired) electrons. The maximum absolute atomic E-state index is 12.9. The highest BCUT2D eigenvalue weighted by Gasteiger charge is 2.22. The van der Waals surface area contributed by atoms with Crippen molar-refractivity contribution in [3.8, 4) is 0 Å². The quantitative estimate of drug-likeness (QED) is 0.433. The smallest absolute Gasteiger partial charge is 0.282 e. The summed E-state index contributed by atoms with van der Waals surface area (Å²) in [7, 11) is 0. The standard InChI is InChI=1S/C16H13N4O3S2/c1-8-9(2)25-14-13(8)15(21)19-16(17-14)24-7-12(18-19)10-3-5-11(6-4-10)20(22)23/h3-6,18H,7H2,1-2H3/q-1. The molecule has 0 bridgehead atoms. The molecule has 25 heavy (non-hydrogen) atoms. The Kier molecular flexibility index (Phi) is 3.69. The van der Waals surface area contributed by atoms with E-state index in [1.54, 1.807) is 12.2 Å². The van der Waals surface area contributed by atoms with Crippen LogP contribution in [0.1, 0.15) is 10.4 Å². The Balaban J connectivity index is 1.80. The Morgan fingerprint density at radius 2 is 1.96 bits per heavy atom. The van der Waals surface area contributed by atoms with Crippen LogP contribution in [0.3, 0.4) is 0 Å². The lowest BCUT2D eigenvalue weighted by Gasteiger charge is -2.23.